The van der Waals surface area contributed by atoms with E-state index in [0.717, 1.165) is 38.5 Å². The summed E-state index contributed by atoms with van der Waals surface area (Å²) < 4.78 is 5.91. The molecule has 0 aromatic rings. The Bertz CT molecular complexity index is 776. The molecular formula is C48H95NO5. The predicted octanol–water partition coefficient (Wildman–Crippen LogP) is 14.0. The van der Waals surface area contributed by atoms with E-state index in [0.29, 0.717) is 19.3 Å². The summed E-state index contributed by atoms with van der Waals surface area (Å²) >= 11 is 0. The van der Waals surface area contributed by atoms with Gasteiger partial charge in [0.2, 0.25) is 5.91 Å². The number of rotatable bonds is 44. The number of aliphatic hydroxyl groups excluding tert-OH is 2. The molecule has 3 unspecified atom stereocenters. The van der Waals surface area contributed by atoms with Crippen molar-refractivity contribution >= 4 is 11.9 Å². The zero-order chi connectivity index (χ0) is 39.6. The van der Waals surface area contributed by atoms with Crippen LogP contribution in [-0.4, -0.2) is 46.9 Å². The highest BCUT2D eigenvalue weighted by Crippen LogP contribution is 2.18. The molecule has 1 amide bonds. The Hall–Kier alpha value is -1.14. The number of amides is 1. The third kappa shape index (κ3) is 37.8. The highest BCUT2D eigenvalue weighted by atomic mass is 16.5. The fraction of sp³-hybridized carbons (Fsp3) is 0.958. The molecular weight excluding hydrogens is 671 g/mol. The molecule has 6 nitrogen and oxygen atoms in total. The monoisotopic (exact) mass is 766 g/mol. The van der Waals surface area contributed by atoms with E-state index in [2.05, 4.69) is 26.1 Å². The summed E-state index contributed by atoms with van der Waals surface area (Å²) in [5, 5.41) is 23.7. The van der Waals surface area contributed by atoms with E-state index in [9.17, 15) is 19.8 Å². The summed E-state index contributed by atoms with van der Waals surface area (Å²) in [5.74, 6) is -0.456. The van der Waals surface area contributed by atoms with Gasteiger partial charge in [0, 0.05) is 6.42 Å². The Labute approximate surface area is 336 Å². The molecule has 322 valence electrons. The fourth-order valence-corrected chi connectivity index (χ4v) is 7.73. The summed E-state index contributed by atoms with van der Waals surface area (Å²) in [6, 6.07) is -0.690. The molecule has 0 radical (unpaired) electrons. The Balaban J connectivity index is 4.48. The molecule has 0 fully saturated rings. The maximum Gasteiger partial charge on any atom is 0.306 e. The minimum Gasteiger partial charge on any atom is -0.462 e. The van der Waals surface area contributed by atoms with Crippen LogP contribution in [0.5, 0.6) is 0 Å². The number of hydrogen-bond acceptors (Lipinski definition) is 5. The van der Waals surface area contributed by atoms with Gasteiger partial charge in [-0.05, 0) is 25.7 Å². The van der Waals surface area contributed by atoms with Crippen molar-refractivity contribution in [3.8, 4) is 0 Å². The summed E-state index contributed by atoms with van der Waals surface area (Å²) in [4.78, 5) is 26.0. The lowest BCUT2D eigenvalue weighted by Gasteiger charge is -2.24. The molecule has 0 aromatic carbocycles. The van der Waals surface area contributed by atoms with Crippen LogP contribution in [0.4, 0.5) is 0 Å². The molecule has 0 bridgehead atoms. The third-order valence-electron chi connectivity index (χ3n) is 11.4. The van der Waals surface area contributed by atoms with Crippen LogP contribution in [0.1, 0.15) is 271 Å². The van der Waals surface area contributed by atoms with Crippen molar-refractivity contribution in [3.63, 3.8) is 0 Å². The molecule has 0 spiro atoms. The average molecular weight is 766 g/mol. The smallest absolute Gasteiger partial charge is 0.306 e. The molecule has 0 aromatic heterocycles. The second-order valence-corrected chi connectivity index (χ2v) is 16.9. The van der Waals surface area contributed by atoms with Crippen LogP contribution < -0.4 is 5.32 Å². The lowest BCUT2D eigenvalue weighted by Crippen LogP contribution is -2.46. The molecule has 6 heteroatoms. The van der Waals surface area contributed by atoms with Gasteiger partial charge in [-0.1, -0.05) is 233 Å². The molecule has 0 aliphatic rings. The summed E-state index contributed by atoms with van der Waals surface area (Å²) in [5.41, 5.74) is 0. The Morgan fingerprint density at radius 3 is 1.13 bits per heavy atom. The second-order valence-electron chi connectivity index (χ2n) is 16.9. The molecule has 3 N–H and O–H groups in total. The normalized spacial score (nSPS) is 13.2. The molecule has 0 aliphatic heterocycles. The van der Waals surface area contributed by atoms with Gasteiger partial charge in [-0.3, -0.25) is 9.59 Å². The minimum atomic E-state index is -0.777. The van der Waals surface area contributed by atoms with E-state index in [1.807, 2.05) is 0 Å². The third-order valence-corrected chi connectivity index (χ3v) is 11.4. The van der Waals surface area contributed by atoms with E-state index in [-0.39, 0.29) is 24.9 Å². The largest absolute Gasteiger partial charge is 0.462 e. The van der Waals surface area contributed by atoms with Gasteiger partial charge in [0.1, 0.15) is 6.10 Å². The van der Waals surface area contributed by atoms with Crippen molar-refractivity contribution in [1.29, 1.82) is 0 Å². The van der Waals surface area contributed by atoms with Crippen molar-refractivity contribution in [2.75, 3.05) is 6.61 Å². The number of aliphatic hydroxyl groups is 2. The highest BCUT2D eigenvalue weighted by Gasteiger charge is 2.24. The van der Waals surface area contributed by atoms with E-state index >= 15 is 0 Å². The van der Waals surface area contributed by atoms with Gasteiger partial charge in [0.15, 0.2) is 0 Å². The Morgan fingerprint density at radius 1 is 0.463 bits per heavy atom. The van der Waals surface area contributed by atoms with E-state index in [1.165, 1.54) is 186 Å². The van der Waals surface area contributed by atoms with Crippen molar-refractivity contribution in [2.24, 2.45) is 0 Å². The number of nitrogens with one attached hydrogen (secondary N) is 1. The lowest BCUT2D eigenvalue weighted by atomic mass is 10.0. The van der Waals surface area contributed by atoms with Gasteiger partial charge in [0.05, 0.1) is 25.2 Å². The molecule has 3 atom stereocenters. The number of hydrogen-bond donors (Lipinski definition) is 3. The molecule has 0 heterocycles. The van der Waals surface area contributed by atoms with Gasteiger partial charge < -0.3 is 20.3 Å². The SMILES string of the molecule is CCCCCCCCCCCCCCCCC(=O)OC(CCCCCCCCCCCC)CC(=O)NC(CO)C(O)CCCCCCCCCCCCC. The zero-order valence-electron chi connectivity index (χ0n) is 36.6. The summed E-state index contributed by atoms with van der Waals surface area (Å²) in [6.07, 6.45) is 44.4. The molecule has 0 aliphatic carbocycles. The first-order valence-corrected chi connectivity index (χ1v) is 24.3. The van der Waals surface area contributed by atoms with Gasteiger partial charge in [-0.25, -0.2) is 0 Å². The summed E-state index contributed by atoms with van der Waals surface area (Å²) in [7, 11) is 0. The van der Waals surface area contributed by atoms with Crippen LogP contribution in [0.2, 0.25) is 0 Å². The highest BCUT2D eigenvalue weighted by molar-refractivity contribution is 5.77. The van der Waals surface area contributed by atoms with Gasteiger partial charge in [-0.15, -0.1) is 0 Å². The first-order chi connectivity index (χ1) is 26.5. The van der Waals surface area contributed by atoms with E-state index < -0.39 is 18.2 Å². The van der Waals surface area contributed by atoms with Crippen LogP contribution in [0.25, 0.3) is 0 Å². The van der Waals surface area contributed by atoms with Crippen molar-refractivity contribution in [3.05, 3.63) is 0 Å². The van der Waals surface area contributed by atoms with Crippen LogP contribution in [0.15, 0.2) is 0 Å². The number of carbonyl (C=O) groups excluding carboxylic acids is 2. The minimum absolute atomic E-state index is 0.0869. The predicted molar refractivity (Wildman–Crippen MR) is 232 cm³/mol. The molecule has 0 rings (SSSR count). The molecule has 54 heavy (non-hydrogen) atoms. The Kier molecular flexibility index (Phi) is 42.1. The number of ether oxygens (including phenoxy) is 1. The van der Waals surface area contributed by atoms with Crippen LogP contribution in [0, 0.1) is 0 Å². The second kappa shape index (κ2) is 43.0. The van der Waals surface area contributed by atoms with E-state index in [4.69, 9.17) is 4.74 Å². The maximum atomic E-state index is 13.1. The number of carbonyl (C=O) groups is 2. The molecule has 0 saturated carbocycles. The lowest BCUT2D eigenvalue weighted by molar-refractivity contribution is -0.151. The quantitative estimate of drug-likeness (QED) is 0.0424. The van der Waals surface area contributed by atoms with Gasteiger partial charge in [-0.2, -0.15) is 0 Å². The first kappa shape index (κ1) is 52.9. The van der Waals surface area contributed by atoms with Crippen molar-refractivity contribution < 1.29 is 24.5 Å². The van der Waals surface area contributed by atoms with Crippen LogP contribution >= 0.6 is 0 Å². The summed E-state index contributed by atoms with van der Waals surface area (Å²) in [6.45, 7) is 6.48. The number of esters is 1. The zero-order valence-corrected chi connectivity index (χ0v) is 36.6. The van der Waals surface area contributed by atoms with Crippen LogP contribution in [0.3, 0.4) is 0 Å². The standard InChI is InChI=1S/C48H95NO5/c1-4-7-10-13-16-19-22-23-24-26-29-32-35-38-41-48(53)54-44(39-36-33-30-27-21-18-15-12-9-6-3)42-47(52)49-45(43-50)46(51)40-37-34-31-28-25-20-17-14-11-8-5-2/h44-46,50-51H,4-43H2,1-3H3,(H,49,52). The van der Waals surface area contributed by atoms with E-state index in [1.54, 1.807) is 0 Å². The Morgan fingerprint density at radius 2 is 0.778 bits per heavy atom. The number of unbranched alkanes of at least 4 members (excludes halogenated alkanes) is 32. The van der Waals surface area contributed by atoms with Gasteiger partial charge >= 0.3 is 5.97 Å². The topological polar surface area (TPSA) is 95.9 Å². The van der Waals surface area contributed by atoms with Crippen LogP contribution in [-0.2, 0) is 14.3 Å². The van der Waals surface area contributed by atoms with Crippen molar-refractivity contribution in [2.45, 2.75) is 289 Å². The average Bonchev–Trinajstić information content (AvgIpc) is 3.16. The maximum absolute atomic E-state index is 13.1. The molecule has 0 saturated heterocycles. The first-order valence-electron chi connectivity index (χ1n) is 24.3. The fourth-order valence-electron chi connectivity index (χ4n) is 7.73. The van der Waals surface area contributed by atoms with Gasteiger partial charge in [0.25, 0.3) is 0 Å². The van der Waals surface area contributed by atoms with Crippen molar-refractivity contribution in [1.82, 2.24) is 5.32 Å².